The number of nitrogens with one attached hydrogen (secondary N) is 2. The molecule has 0 spiro atoms. The van der Waals surface area contributed by atoms with E-state index >= 15 is 0 Å². The van der Waals surface area contributed by atoms with E-state index in [1.165, 1.54) is 0 Å². The van der Waals surface area contributed by atoms with Gasteiger partial charge in [0.2, 0.25) is 12.7 Å². The maximum absolute atomic E-state index is 12.5. The highest BCUT2D eigenvalue weighted by atomic mass is 32.1. The number of ether oxygens (including phenoxy) is 2. The first-order chi connectivity index (χ1) is 15.0. The Morgan fingerprint density at radius 3 is 2.81 bits per heavy atom. The molecule has 5 rings (SSSR count). The summed E-state index contributed by atoms with van der Waals surface area (Å²) in [5, 5.41) is 5.86. The lowest BCUT2D eigenvalue weighted by atomic mass is 10.2. The van der Waals surface area contributed by atoms with Crippen molar-refractivity contribution in [1.82, 2.24) is 10.3 Å². The summed E-state index contributed by atoms with van der Waals surface area (Å²) in [5.74, 6) is 1.32. The van der Waals surface area contributed by atoms with Gasteiger partial charge in [0.25, 0.3) is 5.91 Å². The van der Waals surface area contributed by atoms with Crippen LogP contribution in [0.5, 0.6) is 11.5 Å². The van der Waals surface area contributed by atoms with Crippen LogP contribution in [0.25, 0.3) is 22.6 Å². The molecule has 3 aromatic carbocycles. The zero-order chi connectivity index (χ0) is 21.4. The molecule has 0 saturated carbocycles. The fraction of sp³-hybridized carbons (Fsp3) is 0.0870. The number of amides is 1. The third kappa shape index (κ3) is 3.93. The number of oxazole rings is 1. The van der Waals surface area contributed by atoms with E-state index in [4.69, 9.17) is 26.1 Å². The SMILES string of the molecule is Cc1ccc2nc(-c3cccc(NC(=S)NC(=O)c4ccc5c(c4)OCO5)c3)oc2c1. The highest BCUT2D eigenvalue weighted by molar-refractivity contribution is 7.80. The van der Waals surface area contributed by atoms with Crippen LogP contribution in [-0.4, -0.2) is 22.8 Å². The van der Waals surface area contributed by atoms with Gasteiger partial charge < -0.3 is 19.2 Å². The van der Waals surface area contributed by atoms with Crippen molar-refractivity contribution in [3.63, 3.8) is 0 Å². The molecule has 0 atom stereocenters. The number of hydrogen-bond donors (Lipinski definition) is 2. The molecule has 1 amide bonds. The van der Waals surface area contributed by atoms with Gasteiger partial charge in [-0.3, -0.25) is 10.1 Å². The van der Waals surface area contributed by atoms with Crippen LogP contribution in [0, 0.1) is 6.92 Å². The molecule has 154 valence electrons. The number of anilines is 1. The Hall–Kier alpha value is -3.91. The van der Waals surface area contributed by atoms with E-state index in [2.05, 4.69) is 15.6 Å². The molecular formula is C23H17N3O4S. The molecule has 1 aliphatic heterocycles. The minimum atomic E-state index is -0.346. The van der Waals surface area contributed by atoms with E-state index in [9.17, 15) is 4.79 Å². The fourth-order valence-corrected chi connectivity index (χ4v) is 3.47. The molecule has 0 radical (unpaired) electrons. The van der Waals surface area contributed by atoms with E-state index in [1.807, 2.05) is 49.4 Å². The molecule has 0 aliphatic carbocycles. The Balaban J connectivity index is 1.29. The minimum Gasteiger partial charge on any atom is -0.454 e. The molecular weight excluding hydrogens is 414 g/mol. The number of hydrogen-bond acceptors (Lipinski definition) is 6. The number of carbonyl (C=O) groups excluding carboxylic acids is 1. The van der Waals surface area contributed by atoms with Crippen LogP contribution >= 0.6 is 12.2 Å². The first-order valence-electron chi connectivity index (χ1n) is 9.55. The number of benzene rings is 3. The standard InChI is InChI=1S/C23H17N3O4S/c1-13-5-7-17-19(9-13)30-22(25-17)15-3-2-4-16(10-15)24-23(31)26-21(27)14-6-8-18-20(11-14)29-12-28-18/h2-11H,12H2,1H3,(H2,24,26,27,31). The van der Waals surface area contributed by atoms with Gasteiger partial charge in [-0.05, 0) is 73.2 Å². The number of thiocarbonyl (C=S) groups is 1. The topological polar surface area (TPSA) is 85.6 Å². The van der Waals surface area contributed by atoms with Crippen molar-refractivity contribution >= 4 is 40.0 Å². The molecule has 0 unspecified atom stereocenters. The van der Waals surface area contributed by atoms with Gasteiger partial charge in [0.05, 0.1) is 0 Å². The molecule has 1 aliphatic rings. The summed E-state index contributed by atoms with van der Waals surface area (Å²) < 4.78 is 16.5. The van der Waals surface area contributed by atoms with Gasteiger partial charge in [-0.1, -0.05) is 12.1 Å². The number of aryl methyl sites for hydroxylation is 1. The van der Waals surface area contributed by atoms with Crippen molar-refractivity contribution in [2.45, 2.75) is 6.92 Å². The van der Waals surface area contributed by atoms with Crippen LogP contribution in [0.3, 0.4) is 0 Å². The average molecular weight is 431 g/mol. The Morgan fingerprint density at radius 2 is 1.90 bits per heavy atom. The lowest BCUT2D eigenvalue weighted by molar-refractivity contribution is 0.0977. The highest BCUT2D eigenvalue weighted by Crippen LogP contribution is 2.32. The summed E-state index contributed by atoms with van der Waals surface area (Å²) >= 11 is 5.30. The second kappa shape index (κ2) is 7.73. The van der Waals surface area contributed by atoms with Gasteiger partial charge in [-0.25, -0.2) is 4.98 Å². The molecule has 7 nitrogen and oxygen atoms in total. The zero-order valence-corrected chi connectivity index (χ0v) is 17.3. The van der Waals surface area contributed by atoms with E-state index in [-0.39, 0.29) is 17.8 Å². The first-order valence-corrected chi connectivity index (χ1v) is 9.95. The van der Waals surface area contributed by atoms with Gasteiger partial charge in [-0.15, -0.1) is 0 Å². The number of carbonyl (C=O) groups is 1. The van der Waals surface area contributed by atoms with Crippen LogP contribution in [0.2, 0.25) is 0 Å². The number of nitrogens with zero attached hydrogens (tertiary/aromatic N) is 1. The third-order valence-electron chi connectivity index (χ3n) is 4.77. The maximum Gasteiger partial charge on any atom is 0.257 e. The number of rotatable bonds is 3. The molecule has 1 aromatic heterocycles. The summed E-state index contributed by atoms with van der Waals surface area (Å²) in [4.78, 5) is 17.0. The normalized spacial score (nSPS) is 12.0. The van der Waals surface area contributed by atoms with Crippen molar-refractivity contribution in [2.75, 3.05) is 12.1 Å². The second-order valence-electron chi connectivity index (χ2n) is 7.05. The van der Waals surface area contributed by atoms with Crippen LogP contribution < -0.4 is 20.1 Å². The Kier molecular flexibility index (Phi) is 4.76. The number of fused-ring (bicyclic) bond motifs is 2. The zero-order valence-electron chi connectivity index (χ0n) is 16.5. The van der Waals surface area contributed by atoms with E-state index in [1.54, 1.807) is 18.2 Å². The largest absolute Gasteiger partial charge is 0.454 e. The van der Waals surface area contributed by atoms with Crippen molar-refractivity contribution in [2.24, 2.45) is 0 Å². The molecule has 31 heavy (non-hydrogen) atoms. The predicted octanol–water partition coefficient (Wildman–Crippen LogP) is 4.66. The van der Waals surface area contributed by atoms with Crippen LogP contribution in [0.4, 0.5) is 5.69 Å². The van der Waals surface area contributed by atoms with Gasteiger partial charge in [-0.2, -0.15) is 0 Å². The van der Waals surface area contributed by atoms with Gasteiger partial charge in [0, 0.05) is 16.8 Å². The maximum atomic E-state index is 12.5. The Morgan fingerprint density at radius 1 is 1.03 bits per heavy atom. The van der Waals surface area contributed by atoms with Crippen molar-refractivity contribution < 1.29 is 18.7 Å². The lowest BCUT2D eigenvalue weighted by Gasteiger charge is -2.10. The van der Waals surface area contributed by atoms with Gasteiger partial charge in [0.1, 0.15) is 5.52 Å². The van der Waals surface area contributed by atoms with Crippen molar-refractivity contribution in [1.29, 1.82) is 0 Å². The Bertz CT molecular complexity index is 1330. The van der Waals surface area contributed by atoms with Crippen molar-refractivity contribution in [3.8, 4) is 23.0 Å². The lowest BCUT2D eigenvalue weighted by Crippen LogP contribution is -2.34. The molecule has 0 fully saturated rings. The smallest absolute Gasteiger partial charge is 0.257 e. The van der Waals surface area contributed by atoms with E-state index in [0.29, 0.717) is 28.6 Å². The summed E-state index contributed by atoms with van der Waals surface area (Å²) in [5.41, 5.74) is 4.55. The van der Waals surface area contributed by atoms with Gasteiger partial charge in [0.15, 0.2) is 22.2 Å². The summed E-state index contributed by atoms with van der Waals surface area (Å²) in [7, 11) is 0. The predicted molar refractivity (Wildman–Crippen MR) is 120 cm³/mol. The summed E-state index contributed by atoms with van der Waals surface area (Å²) in [6.07, 6.45) is 0. The molecule has 0 bridgehead atoms. The quantitative estimate of drug-likeness (QED) is 0.456. The summed E-state index contributed by atoms with van der Waals surface area (Å²) in [6.45, 7) is 2.15. The molecule has 2 heterocycles. The molecule has 0 saturated heterocycles. The fourth-order valence-electron chi connectivity index (χ4n) is 3.26. The Labute approximate surface area is 183 Å². The number of aromatic nitrogens is 1. The third-order valence-corrected chi connectivity index (χ3v) is 4.98. The monoisotopic (exact) mass is 431 g/mol. The minimum absolute atomic E-state index is 0.149. The molecule has 4 aromatic rings. The average Bonchev–Trinajstić information content (AvgIpc) is 3.39. The first kappa shape index (κ1) is 19.1. The van der Waals surface area contributed by atoms with Crippen LogP contribution in [-0.2, 0) is 0 Å². The van der Waals surface area contributed by atoms with E-state index in [0.717, 1.165) is 22.2 Å². The highest BCUT2D eigenvalue weighted by Gasteiger charge is 2.17. The summed E-state index contributed by atoms with van der Waals surface area (Å²) in [6, 6.07) is 18.3. The van der Waals surface area contributed by atoms with Crippen molar-refractivity contribution in [3.05, 3.63) is 71.8 Å². The van der Waals surface area contributed by atoms with Gasteiger partial charge >= 0.3 is 0 Å². The van der Waals surface area contributed by atoms with Crippen LogP contribution in [0.15, 0.2) is 65.1 Å². The molecule has 2 N–H and O–H groups in total. The second-order valence-corrected chi connectivity index (χ2v) is 7.46. The molecule has 8 heteroatoms. The van der Waals surface area contributed by atoms with E-state index < -0.39 is 0 Å². The van der Waals surface area contributed by atoms with Crippen LogP contribution in [0.1, 0.15) is 15.9 Å².